The number of benzene rings is 1. The van der Waals surface area contributed by atoms with E-state index in [0.717, 1.165) is 17.8 Å². The summed E-state index contributed by atoms with van der Waals surface area (Å²) in [5, 5.41) is 6.95. The van der Waals surface area contributed by atoms with E-state index >= 15 is 0 Å². The van der Waals surface area contributed by atoms with Crippen LogP contribution in [0.25, 0.3) is 5.78 Å². The van der Waals surface area contributed by atoms with Crippen LogP contribution in [0.5, 0.6) is 0 Å². The van der Waals surface area contributed by atoms with Gasteiger partial charge in [0, 0.05) is 28.6 Å². The normalized spacial score (nSPS) is 12.0. The van der Waals surface area contributed by atoms with E-state index in [1.54, 1.807) is 11.4 Å². The number of fused-ring (bicyclic) bond motifs is 1. The number of alkyl halides is 3. The van der Waals surface area contributed by atoms with Gasteiger partial charge in [0.15, 0.2) is 5.82 Å². The Labute approximate surface area is 159 Å². The average molecular weight is 391 g/mol. The van der Waals surface area contributed by atoms with Gasteiger partial charge in [-0.25, -0.2) is 9.50 Å². The van der Waals surface area contributed by atoms with Crippen molar-refractivity contribution in [2.45, 2.75) is 46.2 Å². The first-order valence-corrected chi connectivity index (χ1v) is 8.76. The topological polar surface area (TPSA) is 72.2 Å². The molecule has 3 aromatic rings. The number of amides is 1. The van der Waals surface area contributed by atoms with E-state index in [9.17, 15) is 18.0 Å². The summed E-state index contributed by atoms with van der Waals surface area (Å²) in [6.45, 7) is 7.53. The second kappa shape index (κ2) is 7.21. The van der Waals surface area contributed by atoms with Crippen molar-refractivity contribution in [1.82, 2.24) is 19.6 Å². The van der Waals surface area contributed by atoms with Crippen LogP contribution in [0.1, 0.15) is 48.1 Å². The number of hydrogen-bond acceptors (Lipinski definition) is 4. The van der Waals surface area contributed by atoms with Gasteiger partial charge < -0.3 is 5.32 Å². The number of carbonyl (C=O) groups is 1. The molecule has 0 spiro atoms. The summed E-state index contributed by atoms with van der Waals surface area (Å²) in [5.74, 6) is 0.811. The molecule has 0 aliphatic heterocycles. The standard InChI is InChI=1S/C19H20F3N5O/c1-10(2)17-25-18-23-11(3)15(12(4)27(18)26-17)9-16(28)24-14-7-5-6-13(8-14)19(20,21)22/h5-8,10H,9H2,1-4H3,(H,24,28). The Balaban J connectivity index is 1.85. The minimum absolute atomic E-state index is 0.0340. The molecule has 6 nitrogen and oxygen atoms in total. The highest BCUT2D eigenvalue weighted by atomic mass is 19.4. The van der Waals surface area contributed by atoms with Crippen LogP contribution in [0.3, 0.4) is 0 Å². The Kier molecular flexibility index (Phi) is 5.10. The molecule has 1 N–H and O–H groups in total. The highest BCUT2D eigenvalue weighted by molar-refractivity contribution is 5.92. The fraction of sp³-hybridized carbons (Fsp3) is 0.368. The van der Waals surface area contributed by atoms with Crippen LogP contribution < -0.4 is 5.32 Å². The number of carbonyl (C=O) groups excluding carboxylic acids is 1. The molecule has 2 heterocycles. The van der Waals surface area contributed by atoms with Gasteiger partial charge in [0.1, 0.15) is 0 Å². The van der Waals surface area contributed by atoms with Gasteiger partial charge in [0.05, 0.1) is 12.0 Å². The molecule has 3 rings (SSSR count). The van der Waals surface area contributed by atoms with Gasteiger partial charge in [0.25, 0.3) is 5.78 Å². The molecule has 0 bridgehead atoms. The van der Waals surface area contributed by atoms with E-state index < -0.39 is 17.6 Å². The van der Waals surface area contributed by atoms with E-state index in [0.29, 0.717) is 22.9 Å². The highest BCUT2D eigenvalue weighted by Gasteiger charge is 2.30. The Hall–Kier alpha value is -2.97. The Bertz CT molecular complexity index is 1040. The molecule has 0 atom stereocenters. The molecule has 2 aromatic heterocycles. The minimum atomic E-state index is -4.47. The average Bonchev–Trinajstić information content (AvgIpc) is 3.02. The second-order valence-electron chi connectivity index (χ2n) is 6.90. The zero-order valence-electron chi connectivity index (χ0n) is 15.9. The molecule has 148 valence electrons. The number of halogens is 3. The lowest BCUT2D eigenvalue weighted by Gasteiger charge is -2.12. The zero-order valence-corrected chi connectivity index (χ0v) is 15.9. The number of rotatable bonds is 4. The SMILES string of the molecule is Cc1nc2nc(C(C)C)nn2c(C)c1CC(=O)Nc1cccc(C(F)(F)F)c1. The second-order valence-corrected chi connectivity index (χ2v) is 6.90. The number of hydrogen-bond donors (Lipinski definition) is 1. The molecule has 1 aromatic carbocycles. The number of aromatic nitrogens is 4. The third-order valence-corrected chi connectivity index (χ3v) is 4.39. The van der Waals surface area contributed by atoms with Crippen molar-refractivity contribution in [2.75, 3.05) is 5.32 Å². The molecule has 9 heteroatoms. The van der Waals surface area contributed by atoms with Crippen LogP contribution in [0.15, 0.2) is 24.3 Å². The molecular weight excluding hydrogens is 371 g/mol. The lowest BCUT2D eigenvalue weighted by Crippen LogP contribution is -2.18. The maximum absolute atomic E-state index is 12.8. The summed E-state index contributed by atoms with van der Waals surface area (Å²) in [4.78, 5) is 21.2. The lowest BCUT2D eigenvalue weighted by molar-refractivity contribution is -0.137. The first-order valence-electron chi connectivity index (χ1n) is 8.76. The number of nitrogens with zero attached hydrogens (tertiary/aromatic N) is 4. The third-order valence-electron chi connectivity index (χ3n) is 4.39. The maximum atomic E-state index is 12.8. The molecule has 1 amide bonds. The van der Waals surface area contributed by atoms with E-state index in [1.165, 1.54) is 12.1 Å². The van der Waals surface area contributed by atoms with E-state index in [2.05, 4.69) is 20.4 Å². The highest BCUT2D eigenvalue weighted by Crippen LogP contribution is 2.30. The van der Waals surface area contributed by atoms with Crippen LogP contribution in [0, 0.1) is 13.8 Å². The maximum Gasteiger partial charge on any atom is 0.416 e. The molecule has 0 aliphatic carbocycles. The molecule has 0 fully saturated rings. The van der Waals surface area contributed by atoms with Crippen LogP contribution in [0.2, 0.25) is 0 Å². The summed E-state index contributed by atoms with van der Waals surface area (Å²) in [6.07, 6.45) is -4.50. The van der Waals surface area contributed by atoms with Crippen LogP contribution in [-0.2, 0) is 17.4 Å². The first kappa shape index (κ1) is 19.8. The van der Waals surface area contributed by atoms with Gasteiger partial charge in [-0.1, -0.05) is 19.9 Å². The molecule has 0 aliphatic rings. The largest absolute Gasteiger partial charge is 0.416 e. The number of aryl methyl sites for hydroxylation is 2. The van der Waals surface area contributed by atoms with Gasteiger partial charge >= 0.3 is 6.18 Å². The Morgan fingerprint density at radius 2 is 1.93 bits per heavy atom. The Morgan fingerprint density at radius 1 is 1.21 bits per heavy atom. The van der Waals surface area contributed by atoms with Gasteiger partial charge in [0.2, 0.25) is 5.91 Å². The molecule has 0 unspecified atom stereocenters. The van der Waals surface area contributed by atoms with Gasteiger partial charge in [-0.2, -0.15) is 18.2 Å². The van der Waals surface area contributed by atoms with Gasteiger partial charge in [-0.3, -0.25) is 4.79 Å². The summed E-state index contributed by atoms with van der Waals surface area (Å²) in [5.41, 5.74) is 1.29. The summed E-state index contributed by atoms with van der Waals surface area (Å²) in [6, 6.07) is 4.54. The van der Waals surface area contributed by atoms with Gasteiger partial charge in [-0.05, 0) is 32.0 Å². The lowest BCUT2D eigenvalue weighted by atomic mass is 10.1. The Morgan fingerprint density at radius 3 is 2.57 bits per heavy atom. The quantitative estimate of drug-likeness (QED) is 0.728. The van der Waals surface area contributed by atoms with Crippen LogP contribution in [0.4, 0.5) is 18.9 Å². The van der Waals surface area contributed by atoms with E-state index in [4.69, 9.17) is 0 Å². The predicted octanol–water partition coefficient (Wildman–Crippen LogP) is 4.06. The van der Waals surface area contributed by atoms with Crippen molar-refractivity contribution < 1.29 is 18.0 Å². The summed E-state index contributed by atoms with van der Waals surface area (Å²) >= 11 is 0. The fourth-order valence-corrected chi connectivity index (χ4v) is 2.86. The molecule has 28 heavy (non-hydrogen) atoms. The molecule has 0 radical (unpaired) electrons. The van der Waals surface area contributed by atoms with Crippen molar-refractivity contribution in [1.29, 1.82) is 0 Å². The minimum Gasteiger partial charge on any atom is -0.326 e. The van der Waals surface area contributed by atoms with Crippen molar-refractivity contribution in [2.24, 2.45) is 0 Å². The molecule has 0 saturated carbocycles. The monoisotopic (exact) mass is 391 g/mol. The van der Waals surface area contributed by atoms with Crippen molar-refractivity contribution in [3.8, 4) is 0 Å². The van der Waals surface area contributed by atoms with Gasteiger partial charge in [-0.15, -0.1) is 5.10 Å². The zero-order chi connectivity index (χ0) is 20.6. The van der Waals surface area contributed by atoms with Crippen molar-refractivity contribution in [3.05, 3.63) is 52.6 Å². The summed E-state index contributed by atoms with van der Waals surface area (Å²) in [7, 11) is 0. The first-order chi connectivity index (χ1) is 13.1. The molecule has 0 saturated heterocycles. The summed E-state index contributed by atoms with van der Waals surface area (Å²) < 4.78 is 40.1. The van der Waals surface area contributed by atoms with Crippen LogP contribution in [-0.4, -0.2) is 25.5 Å². The predicted molar refractivity (Wildman–Crippen MR) is 98.1 cm³/mol. The number of anilines is 1. The fourth-order valence-electron chi connectivity index (χ4n) is 2.86. The smallest absolute Gasteiger partial charge is 0.326 e. The van der Waals surface area contributed by atoms with Crippen molar-refractivity contribution >= 4 is 17.4 Å². The van der Waals surface area contributed by atoms with Crippen LogP contribution >= 0.6 is 0 Å². The van der Waals surface area contributed by atoms with E-state index in [1.807, 2.05) is 20.8 Å². The molecular formula is C19H20F3N5O. The third kappa shape index (κ3) is 3.97. The van der Waals surface area contributed by atoms with Crippen molar-refractivity contribution in [3.63, 3.8) is 0 Å². The van der Waals surface area contributed by atoms with E-state index in [-0.39, 0.29) is 18.0 Å². The number of nitrogens with one attached hydrogen (secondary N) is 1.